The standard InChI is InChI=1S/C15H21ClN2O/c1-10(11-6-3-2-4-7-11)18-15(19)12-8-5-9-13(17)14(12)16/h5,8-11H,2-4,6-7,17H2,1H3,(H,18,19). The van der Waals surface area contributed by atoms with Crippen LogP contribution >= 0.6 is 11.6 Å². The number of hydrogen-bond acceptors (Lipinski definition) is 2. The summed E-state index contributed by atoms with van der Waals surface area (Å²) in [5.41, 5.74) is 6.63. The SMILES string of the molecule is CC(NC(=O)c1cccc(N)c1Cl)C1CCCCC1. The first kappa shape index (κ1) is 14.2. The number of carbonyl (C=O) groups is 1. The zero-order valence-corrected chi connectivity index (χ0v) is 12.0. The van der Waals surface area contributed by atoms with Crippen LogP contribution in [0.2, 0.25) is 5.02 Å². The second-order valence-corrected chi connectivity index (χ2v) is 5.75. The number of halogens is 1. The molecule has 1 aliphatic carbocycles. The quantitative estimate of drug-likeness (QED) is 0.831. The van der Waals surface area contributed by atoms with Gasteiger partial charge in [0.15, 0.2) is 0 Å². The van der Waals surface area contributed by atoms with Gasteiger partial charge in [0, 0.05) is 6.04 Å². The number of amides is 1. The molecular formula is C15H21ClN2O. The van der Waals surface area contributed by atoms with E-state index in [9.17, 15) is 4.79 Å². The predicted octanol–water partition coefficient (Wildman–Crippen LogP) is 3.62. The predicted molar refractivity (Wildman–Crippen MR) is 79.4 cm³/mol. The molecule has 4 heteroatoms. The number of carbonyl (C=O) groups excluding carboxylic acids is 1. The van der Waals surface area contributed by atoms with Gasteiger partial charge in [-0.2, -0.15) is 0 Å². The fourth-order valence-corrected chi connectivity index (χ4v) is 2.97. The van der Waals surface area contributed by atoms with Gasteiger partial charge in [0.1, 0.15) is 0 Å². The van der Waals surface area contributed by atoms with Gasteiger partial charge in [0.2, 0.25) is 0 Å². The lowest BCUT2D eigenvalue weighted by Crippen LogP contribution is -2.39. The van der Waals surface area contributed by atoms with E-state index in [0.29, 0.717) is 22.2 Å². The molecule has 1 atom stereocenters. The van der Waals surface area contributed by atoms with Gasteiger partial charge in [-0.15, -0.1) is 0 Å². The maximum atomic E-state index is 12.2. The molecule has 1 saturated carbocycles. The third-order valence-electron chi connectivity index (χ3n) is 3.99. The Morgan fingerprint density at radius 2 is 2.05 bits per heavy atom. The van der Waals surface area contributed by atoms with Crippen molar-refractivity contribution in [2.75, 3.05) is 5.73 Å². The van der Waals surface area contributed by atoms with Crippen molar-refractivity contribution >= 4 is 23.2 Å². The van der Waals surface area contributed by atoms with Crippen LogP contribution in [-0.4, -0.2) is 11.9 Å². The number of nitrogens with two attached hydrogens (primary N) is 1. The van der Waals surface area contributed by atoms with E-state index in [0.717, 1.165) is 0 Å². The van der Waals surface area contributed by atoms with E-state index < -0.39 is 0 Å². The summed E-state index contributed by atoms with van der Waals surface area (Å²) in [6, 6.07) is 5.34. The number of hydrogen-bond donors (Lipinski definition) is 2. The number of nitrogen functional groups attached to an aromatic ring is 1. The third-order valence-corrected chi connectivity index (χ3v) is 4.41. The molecule has 0 radical (unpaired) electrons. The molecule has 0 spiro atoms. The van der Waals surface area contributed by atoms with Crippen LogP contribution in [0, 0.1) is 5.92 Å². The minimum Gasteiger partial charge on any atom is -0.398 e. The van der Waals surface area contributed by atoms with Crippen LogP contribution < -0.4 is 11.1 Å². The van der Waals surface area contributed by atoms with Crippen molar-refractivity contribution in [1.82, 2.24) is 5.32 Å². The summed E-state index contributed by atoms with van der Waals surface area (Å²) in [5.74, 6) is 0.452. The van der Waals surface area contributed by atoms with Gasteiger partial charge in [0.05, 0.1) is 16.3 Å². The van der Waals surface area contributed by atoms with E-state index in [1.165, 1.54) is 32.1 Å². The van der Waals surface area contributed by atoms with Crippen molar-refractivity contribution in [3.8, 4) is 0 Å². The van der Waals surface area contributed by atoms with Crippen molar-refractivity contribution in [2.24, 2.45) is 5.92 Å². The zero-order valence-electron chi connectivity index (χ0n) is 11.3. The first-order valence-corrected chi connectivity index (χ1v) is 7.32. The van der Waals surface area contributed by atoms with E-state index >= 15 is 0 Å². The molecule has 3 N–H and O–H groups in total. The molecule has 3 nitrogen and oxygen atoms in total. The second kappa shape index (κ2) is 6.29. The van der Waals surface area contributed by atoms with Crippen LogP contribution in [0.1, 0.15) is 49.4 Å². The highest BCUT2D eigenvalue weighted by Crippen LogP contribution is 2.27. The lowest BCUT2D eigenvalue weighted by Gasteiger charge is -2.28. The largest absolute Gasteiger partial charge is 0.398 e. The first-order chi connectivity index (χ1) is 9.09. The average Bonchev–Trinajstić information content (AvgIpc) is 2.42. The van der Waals surface area contributed by atoms with E-state index in [1.54, 1.807) is 18.2 Å². The smallest absolute Gasteiger partial charge is 0.253 e. The second-order valence-electron chi connectivity index (χ2n) is 5.37. The van der Waals surface area contributed by atoms with Crippen molar-refractivity contribution in [1.29, 1.82) is 0 Å². The summed E-state index contributed by atoms with van der Waals surface area (Å²) >= 11 is 6.07. The summed E-state index contributed by atoms with van der Waals surface area (Å²) in [6.07, 6.45) is 6.25. The molecular weight excluding hydrogens is 260 g/mol. The Labute approximate surface area is 119 Å². The van der Waals surface area contributed by atoms with Crippen molar-refractivity contribution in [3.63, 3.8) is 0 Å². The number of benzene rings is 1. The Hall–Kier alpha value is -1.22. The summed E-state index contributed by atoms with van der Waals surface area (Å²) in [7, 11) is 0. The zero-order chi connectivity index (χ0) is 13.8. The first-order valence-electron chi connectivity index (χ1n) is 6.94. The summed E-state index contributed by atoms with van der Waals surface area (Å²) < 4.78 is 0. The monoisotopic (exact) mass is 280 g/mol. The summed E-state index contributed by atoms with van der Waals surface area (Å²) in [5, 5.41) is 3.40. The maximum absolute atomic E-state index is 12.2. The van der Waals surface area contributed by atoms with Gasteiger partial charge >= 0.3 is 0 Å². The fraction of sp³-hybridized carbons (Fsp3) is 0.533. The average molecular weight is 281 g/mol. The molecule has 0 bridgehead atoms. The maximum Gasteiger partial charge on any atom is 0.253 e. The molecule has 0 aromatic heterocycles. The highest BCUT2D eigenvalue weighted by molar-refractivity contribution is 6.36. The molecule has 1 unspecified atom stereocenters. The minimum absolute atomic E-state index is 0.129. The van der Waals surface area contributed by atoms with Crippen molar-refractivity contribution in [2.45, 2.75) is 45.1 Å². The highest BCUT2D eigenvalue weighted by Gasteiger charge is 2.22. The van der Waals surface area contributed by atoms with Gasteiger partial charge in [0.25, 0.3) is 5.91 Å². The highest BCUT2D eigenvalue weighted by atomic mass is 35.5. The van der Waals surface area contributed by atoms with Gasteiger partial charge in [-0.25, -0.2) is 0 Å². The van der Waals surface area contributed by atoms with E-state index in [-0.39, 0.29) is 11.9 Å². The third kappa shape index (κ3) is 3.41. The van der Waals surface area contributed by atoms with Gasteiger partial charge in [-0.1, -0.05) is 36.9 Å². The molecule has 1 aliphatic rings. The Balaban J connectivity index is 2.02. The van der Waals surface area contributed by atoms with Crippen LogP contribution in [0.15, 0.2) is 18.2 Å². The van der Waals surface area contributed by atoms with Gasteiger partial charge < -0.3 is 11.1 Å². The molecule has 1 aromatic rings. The molecule has 0 aliphatic heterocycles. The van der Waals surface area contributed by atoms with E-state index in [2.05, 4.69) is 12.2 Å². The van der Waals surface area contributed by atoms with Crippen molar-refractivity contribution in [3.05, 3.63) is 28.8 Å². The molecule has 2 rings (SSSR count). The Kier molecular flexibility index (Phi) is 4.70. The minimum atomic E-state index is -0.129. The number of nitrogens with one attached hydrogen (secondary N) is 1. The normalized spacial score (nSPS) is 18.0. The topological polar surface area (TPSA) is 55.1 Å². The van der Waals surface area contributed by atoms with E-state index in [1.807, 2.05) is 0 Å². The lowest BCUT2D eigenvalue weighted by atomic mass is 9.84. The lowest BCUT2D eigenvalue weighted by molar-refractivity contribution is 0.0919. The van der Waals surface area contributed by atoms with Crippen LogP contribution in [0.25, 0.3) is 0 Å². The summed E-state index contributed by atoms with van der Waals surface area (Å²) in [4.78, 5) is 12.2. The fourth-order valence-electron chi connectivity index (χ4n) is 2.76. The Morgan fingerprint density at radius 3 is 2.74 bits per heavy atom. The molecule has 104 valence electrons. The van der Waals surface area contributed by atoms with Crippen LogP contribution in [0.5, 0.6) is 0 Å². The molecule has 1 fully saturated rings. The number of anilines is 1. The Bertz CT molecular complexity index is 455. The summed E-state index contributed by atoms with van der Waals surface area (Å²) in [6.45, 7) is 2.08. The van der Waals surface area contributed by atoms with Crippen LogP contribution in [0.4, 0.5) is 5.69 Å². The molecule has 0 saturated heterocycles. The molecule has 1 amide bonds. The van der Waals surface area contributed by atoms with Crippen molar-refractivity contribution < 1.29 is 4.79 Å². The van der Waals surface area contributed by atoms with Crippen LogP contribution in [-0.2, 0) is 0 Å². The molecule has 1 aromatic carbocycles. The van der Waals surface area contributed by atoms with Gasteiger partial charge in [-0.3, -0.25) is 4.79 Å². The Morgan fingerprint density at radius 1 is 1.37 bits per heavy atom. The molecule has 0 heterocycles. The van der Waals surface area contributed by atoms with E-state index in [4.69, 9.17) is 17.3 Å². The number of rotatable bonds is 3. The molecule has 19 heavy (non-hydrogen) atoms. The van der Waals surface area contributed by atoms with Gasteiger partial charge in [-0.05, 0) is 37.8 Å². The van der Waals surface area contributed by atoms with Crippen LogP contribution in [0.3, 0.4) is 0 Å².